The van der Waals surface area contributed by atoms with Gasteiger partial charge in [-0.25, -0.2) is 14.6 Å². The fourth-order valence-electron chi connectivity index (χ4n) is 2.87. The van der Waals surface area contributed by atoms with Crippen molar-refractivity contribution in [2.45, 2.75) is 58.3 Å². The van der Waals surface area contributed by atoms with E-state index in [0.29, 0.717) is 13.5 Å². The van der Waals surface area contributed by atoms with Gasteiger partial charge in [0.25, 0.3) is 0 Å². The molecule has 7 nitrogen and oxygen atoms in total. The van der Waals surface area contributed by atoms with Gasteiger partial charge in [0.15, 0.2) is 0 Å². The molecule has 0 aliphatic heterocycles. The Balaban J connectivity index is 1.75. The molecule has 0 aliphatic rings. The molecule has 3 heterocycles. The van der Waals surface area contributed by atoms with Crippen LogP contribution in [-0.4, -0.2) is 54.4 Å². The second kappa shape index (κ2) is 10.3. The van der Waals surface area contributed by atoms with Crippen molar-refractivity contribution in [1.29, 1.82) is 0 Å². The van der Waals surface area contributed by atoms with Gasteiger partial charge in [0.05, 0.1) is 29.0 Å². The van der Waals surface area contributed by atoms with Crippen molar-refractivity contribution >= 4 is 43.8 Å². The van der Waals surface area contributed by atoms with E-state index in [1.165, 1.54) is 0 Å². The lowest BCUT2D eigenvalue weighted by Crippen LogP contribution is -2.22. The van der Waals surface area contributed by atoms with Gasteiger partial charge >= 0.3 is 0 Å². The Bertz CT molecular complexity index is 968. The van der Waals surface area contributed by atoms with Crippen molar-refractivity contribution < 1.29 is 9.47 Å². The topological polar surface area (TPSA) is 67.0 Å². The molecule has 3 aromatic heterocycles. The Hall–Kier alpha value is -1.34. The third-order valence-corrected chi connectivity index (χ3v) is 8.02. The van der Waals surface area contributed by atoms with Gasteiger partial charge < -0.3 is 9.47 Å². The van der Waals surface area contributed by atoms with E-state index in [-0.39, 0.29) is 8.80 Å². The third kappa shape index (κ3) is 6.58. The standard InChI is InChI=1S/C20H31BrN5O2Si2/c1-29(2)8-6-27-15-26-18-12-22-19(21)10-17(18)24-20(26)16-11-23-25(13-16)14-28-7-9-30(3,4)5/h10-13H,6-9,14-15H2,1-5H3. The molecule has 0 saturated carbocycles. The first kappa shape index (κ1) is 23.3. The zero-order valence-corrected chi connectivity index (χ0v) is 22.1. The molecule has 3 rings (SSSR count). The Morgan fingerprint density at radius 3 is 2.60 bits per heavy atom. The van der Waals surface area contributed by atoms with Crippen LogP contribution in [0.5, 0.6) is 0 Å². The molecule has 0 atom stereocenters. The SMILES string of the molecule is C[Si](C)CCOCn1c(-c2cnn(COCC[Si](C)(C)C)c2)nc2cc(Br)ncc21. The highest BCUT2D eigenvalue weighted by Gasteiger charge is 2.16. The van der Waals surface area contributed by atoms with Gasteiger partial charge in [-0.1, -0.05) is 32.7 Å². The molecule has 0 amide bonds. The lowest BCUT2D eigenvalue weighted by Gasteiger charge is -2.15. The Kier molecular flexibility index (Phi) is 8.02. The van der Waals surface area contributed by atoms with Crippen LogP contribution < -0.4 is 0 Å². The van der Waals surface area contributed by atoms with E-state index in [1.807, 2.05) is 29.3 Å². The quantitative estimate of drug-likeness (QED) is 0.204. The lowest BCUT2D eigenvalue weighted by molar-refractivity contribution is 0.0786. The molecule has 0 unspecified atom stereocenters. The second-order valence-corrected chi connectivity index (χ2v) is 18.3. The van der Waals surface area contributed by atoms with E-state index >= 15 is 0 Å². The van der Waals surface area contributed by atoms with Crippen LogP contribution in [0.2, 0.25) is 44.8 Å². The number of ether oxygens (including phenoxy) is 2. The van der Waals surface area contributed by atoms with E-state index in [9.17, 15) is 0 Å². The maximum Gasteiger partial charge on any atom is 0.146 e. The lowest BCUT2D eigenvalue weighted by atomic mass is 10.3. The van der Waals surface area contributed by atoms with Crippen LogP contribution in [0.1, 0.15) is 0 Å². The minimum Gasteiger partial charge on any atom is -0.361 e. The average Bonchev–Trinajstić information content (AvgIpc) is 3.25. The van der Waals surface area contributed by atoms with Gasteiger partial charge in [-0.05, 0) is 34.1 Å². The molecule has 1 radical (unpaired) electrons. The monoisotopic (exact) mass is 508 g/mol. The summed E-state index contributed by atoms with van der Waals surface area (Å²) < 4.78 is 16.4. The maximum atomic E-state index is 5.97. The predicted molar refractivity (Wildman–Crippen MR) is 129 cm³/mol. The summed E-state index contributed by atoms with van der Waals surface area (Å²) in [5.74, 6) is 0.830. The average molecular weight is 510 g/mol. The predicted octanol–water partition coefficient (Wildman–Crippen LogP) is 5.10. The first-order chi connectivity index (χ1) is 14.2. The summed E-state index contributed by atoms with van der Waals surface area (Å²) in [4.78, 5) is 9.20. The van der Waals surface area contributed by atoms with E-state index in [1.54, 1.807) is 0 Å². The van der Waals surface area contributed by atoms with Gasteiger partial charge in [0.1, 0.15) is 23.9 Å². The number of pyridine rings is 1. The zero-order valence-electron chi connectivity index (χ0n) is 18.5. The van der Waals surface area contributed by atoms with Crippen LogP contribution in [0.15, 0.2) is 29.3 Å². The third-order valence-electron chi connectivity index (χ3n) is 4.68. The number of hydrogen-bond acceptors (Lipinski definition) is 5. The van der Waals surface area contributed by atoms with Gasteiger partial charge in [0, 0.05) is 36.3 Å². The number of imidazole rings is 1. The fourth-order valence-corrected chi connectivity index (χ4v) is 4.50. The van der Waals surface area contributed by atoms with E-state index in [4.69, 9.17) is 14.5 Å². The molecule has 0 aliphatic carbocycles. The molecule has 3 aromatic rings. The Morgan fingerprint density at radius 1 is 1.10 bits per heavy atom. The first-order valence-electron chi connectivity index (χ1n) is 10.2. The molecule has 0 saturated heterocycles. The first-order valence-corrected chi connectivity index (χ1v) is 17.4. The summed E-state index contributed by atoms with van der Waals surface area (Å²) in [7, 11) is -1.38. The summed E-state index contributed by atoms with van der Waals surface area (Å²) in [5.41, 5.74) is 2.77. The molecule has 0 N–H and O–H groups in total. The molecular weight excluding hydrogens is 478 g/mol. The van der Waals surface area contributed by atoms with Crippen LogP contribution in [0, 0.1) is 0 Å². The van der Waals surface area contributed by atoms with E-state index < -0.39 is 8.07 Å². The highest BCUT2D eigenvalue weighted by molar-refractivity contribution is 9.10. The maximum absolute atomic E-state index is 5.97. The number of aromatic nitrogens is 5. The van der Waals surface area contributed by atoms with Crippen molar-refractivity contribution in [2.75, 3.05) is 13.2 Å². The number of hydrogen-bond donors (Lipinski definition) is 0. The van der Waals surface area contributed by atoms with Gasteiger partial charge in [-0.2, -0.15) is 5.10 Å². The number of halogens is 1. The molecule has 30 heavy (non-hydrogen) atoms. The van der Waals surface area contributed by atoms with Crippen LogP contribution >= 0.6 is 15.9 Å². The Morgan fingerprint density at radius 2 is 1.87 bits per heavy atom. The van der Waals surface area contributed by atoms with Gasteiger partial charge in [0.2, 0.25) is 0 Å². The van der Waals surface area contributed by atoms with Gasteiger partial charge in [-0.3, -0.25) is 4.57 Å². The van der Waals surface area contributed by atoms with Crippen LogP contribution in [-0.2, 0) is 22.9 Å². The minimum atomic E-state index is -1.09. The highest BCUT2D eigenvalue weighted by atomic mass is 79.9. The van der Waals surface area contributed by atoms with Crippen molar-refractivity contribution in [3.8, 4) is 11.4 Å². The molecule has 0 fully saturated rings. The molecule has 0 bridgehead atoms. The smallest absolute Gasteiger partial charge is 0.146 e. The van der Waals surface area contributed by atoms with Crippen molar-refractivity contribution in [3.05, 3.63) is 29.3 Å². The van der Waals surface area contributed by atoms with Crippen molar-refractivity contribution in [2.24, 2.45) is 0 Å². The van der Waals surface area contributed by atoms with Crippen molar-refractivity contribution in [3.63, 3.8) is 0 Å². The molecule has 163 valence electrons. The summed E-state index contributed by atoms with van der Waals surface area (Å²) >= 11 is 3.44. The Labute approximate surface area is 189 Å². The van der Waals surface area contributed by atoms with Gasteiger partial charge in [-0.15, -0.1) is 0 Å². The molecular formula is C20H31BrN5O2Si2. The summed E-state index contributed by atoms with van der Waals surface area (Å²) in [6, 6.07) is 4.20. The van der Waals surface area contributed by atoms with E-state index in [2.05, 4.69) is 63.3 Å². The fraction of sp³-hybridized carbons (Fsp3) is 0.550. The van der Waals surface area contributed by atoms with E-state index in [0.717, 1.165) is 52.3 Å². The van der Waals surface area contributed by atoms with Crippen LogP contribution in [0.3, 0.4) is 0 Å². The minimum absolute atomic E-state index is 0.295. The normalized spacial score (nSPS) is 12.4. The summed E-state index contributed by atoms with van der Waals surface area (Å²) in [6.45, 7) is 14.1. The van der Waals surface area contributed by atoms with Crippen LogP contribution in [0.25, 0.3) is 22.4 Å². The largest absolute Gasteiger partial charge is 0.361 e. The molecule has 10 heteroatoms. The zero-order chi connectivity index (χ0) is 21.7. The summed E-state index contributed by atoms with van der Waals surface area (Å²) in [6.07, 6.45) is 5.65. The number of rotatable bonds is 11. The summed E-state index contributed by atoms with van der Waals surface area (Å²) in [5, 5.41) is 4.46. The number of nitrogens with zero attached hydrogens (tertiary/aromatic N) is 5. The molecule has 0 spiro atoms. The van der Waals surface area contributed by atoms with Crippen LogP contribution in [0.4, 0.5) is 0 Å². The highest BCUT2D eigenvalue weighted by Crippen LogP contribution is 2.26. The van der Waals surface area contributed by atoms with Crippen molar-refractivity contribution in [1.82, 2.24) is 24.3 Å². The number of fused-ring (bicyclic) bond motifs is 1. The molecule has 0 aromatic carbocycles. The second-order valence-electron chi connectivity index (χ2n) is 8.97.